The molecule has 2 rings (SSSR count). The lowest BCUT2D eigenvalue weighted by molar-refractivity contribution is 0.548. The Balaban J connectivity index is 2.45. The molecule has 0 aliphatic heterocycles. The van der Waals surface area contributed by atoms with Crippen LogP contribution in [-0.4, -0.2) is 14.5 Å². The third-order valence-electron chi connectivity index (χ3n) is 2.62. The summed E-state index contributed by atoms with van der Waals surface area (Å²) < 4.78 is 3.82. The maximum atomic E-state index is 5.65. The quantitative estimate of drug-likeness (QED) is 0.636. The number of halogens is 2. The first-order valence-electron chi connectivity index (χ1n) is 5.45. The van der Waals surface area contributed by atoms with E-state index in [2.05, 4.69) is 54.2 Å². The molecule has 0 aromatic carbocycles. The van der Waals surface area contributed by atoms with Crippen LogP contribution in [0.2, 0.25) is 0 Å². The SMILES string of the molecule is CCn1ccnc1C(NN)c1ncc(Br)cc1Br. The van der Waals surface area contributed by atoms with E-state index in [0.717, 1.165) is 27.0 Å². The highest BCUT2D eigenvalue weighted by molar-refractivity contribution is 9.11. The number of imidazole rings is 1. The number of rotatable bonds is 4. The molecular weight excluding hydrogens is 362 g/mol. The highest BCUT2D eigenvalue weighted by Gasteiger charge is 2.21. The molecule has 7 heteroatoms. The Morgan fingerprint density at radius 1 is 1.44 bits per heavy atom. The van der Waals surface area contributed by atoms with E-state index in [1.54, 1.807) is 12.4 Å². The molecule has 0 aliphatic rings. The molecule has 0 aliphatic carbocycles. The zero-order valence-corrected chi connectivity index (χ0v) is 12.9. The van der Waals surface area contributed by atoms with Crippen molar-refractivity contribution in [3.8, 4) is 0 Å². The van der Waals surface area contributed by atoms with Crippen LogP contribution in [0.5, 0.6) is 0 Å². The van der Waals surface area contributed by atoms with E-state index in [-0.39, 0.29) is 6.04 Å². The molecule has 3 N–H and O–H groups in total. The van der Waals surface area contributed by atoms with Gasteiger partial charge in [-0.05, 0) is 44.8 Å². The van der Waals surface area contributed by atoms with Gasteiger partial charge in [-0.1, -0.05) is 0 Å². The summed E-state index contributed by atoms with van der Waals surface area (Å²) in [6, 6.07) is 1.69. The van der Waals surface area contributed by atoms with Gasteiger partial charge in [0.1, 0.15) is 11.9 Å². The van der Waals surface area contributed by atoms with E-state index >= 15 is 0 Å². The van der Waals surface area contributed by atoms with Gasteiger partial charge in [0.25, 0.3) is 0 Å². The minimum absolute atomic E-state index is 0.248. The highest BCUT2D eigenvalue weighted by atomic mass is 79.9. The fourth-order valence-corrected chi connectivity index (χ4v) is 2.98. The van der Waals surface area contributed by atoms with Gasteiger partial charge in [-0.3, -0.25) is 10.8 Å². The predicted molar refractivity (Wildman–Crippen MR) is 76.7 cm³/mol. The Morgan fingerprint density at radius 3 is 2.83 bits per heavy atom. The van der Waals surface area contributed by atoms with Crippen LogP contribution < -0.4 is 11.3 Å². The molecule has 18 heavy (non-hydrogen) atoms. The minimum Gasteiger partial charge on any atom is -0.334 e. The van der Waals surface area contributed by atoms with E-state index in [1.807, 2.05) is 16.8 Å². The molecule has 0 saturated carbocycles. The molecule has 0 amide bonds. The van der Waals surface area contributed by atoms with Crippen LogP contribution in [0.25, 0.3) is 0 Å². The van der Waals surface area contributed by atoms with Crippen LogP contribution >= 0.6 is 31.9 Å². The summed E-state index contributed by atoms with van der Waals surface area (Å²) in [6.45, 7) is 2.89. The molecule has 2 aromatic heterocycles. The van der Waals surface area contributed by atoms with E-state index in [0.29, 0.717) is 0 Å². The summed E-state index contributed by atoms with van der Waals surface area (Å²) in [4.78, 5) is 8.74. The Bertz CT molecular complexity index is 540. The number of hydrogen-bond donors (Lipinski definition) is 2. The van der Waals surface area contributed by atoms with Crippen LogP contribution in [0.3, 0.4) is 0 Å². The summed E-state index contributed by atoms with van der Waals surface area (Å²) in [6.07, 6.45) is 5.42. The minimum atomic E-state index is -0.248. The maximum Gasteiger partial charge on any atom is 0.133 e. The van der Waals surface area contributed by atoms with Crippen LogP contribution in [0, 0.1) is 0 Å². The van der Waals surface area contributed by atoms with Crippen LogP contribution in [0.15, 0.2) is 33.6 Å². The second-order valence-corrected chi connectivity index (χ2v) is 5.46. The van der Waals surface area contributed by atoms with Crippen molar-refractivity contribution in [1.82, 2.24) is 20.0 Å². The first kappa shape index (κ1) is 13.7. The number of nitrogens with two attached hydrogens (primary N) is 1. The van der Waals surface area contributed by atoms with Gasteiger partial charge in [0.2, 0.25) is 0 Å². The molecule has 0 bridgehead atoms. The summed E-state index contributed by atoms with van der Waals surface area (Å²) in [5, 5.41) is 0. The van der Waals surface area contributed by atoms with Gasteiger partial charge in [0, 0.05) is 34.1 Å². The third kappa shape index (κ3) is 2.64. The fraction of sp³-hybridized carbons (Fsp3) is 0.273. The van der Waals surface area contributed by atoms with Crippen molar-refractivity contribution in [2.24, 2.45) is 5.84 Å². The van der Waals surface area contributed by atoms with Crippen molar-refractivity contribution in [3.05, 3.63) is 45.1 Å². The van der Waals surface area contributed by atoms with Crippen LogP contribution in [0.4, 0.5) is 0 Å². The van der Waals surface area contributed by atoms with E-state index in [4.69, 9.17) is 5.84 Å². The lowest BCUT2D eigenvalue weighted by Crippen LogP contribution is -2.32. The molecule has 1 atom stereocenters. The van der Waals surface area contributed by atoms with Crippen LogP contribution in [0.1, 0.15) is 24.5 Å². The standard InChI is InChI=1S/C11H13Br2N5/c1-2-18-4-3-15-11(18)10(17-14)9-8(13)5-7(12)6-16-9/h3-6,10,17H,2,14H2,1H3. The number of aromatic nitrogens is 3. The Morgan fingerprint density at radius 2 is 2.22 bits per heavy atom. The smallest absolute Gasteiger partial charge is 0.133 e. The van der Waals surface area contributed by atoms with Gasteiger partial charge in [-0.15, -0.1) is 0 Å². The fourth-order valence-electron chi connectivity index (χ4n) is 1.76. The van der Waals surface area contributed by atoms with Crippen molar-refractivity contribution in [3.63, 3.8) is 0 Å². The number of hydrogen-bond acceptors (Lipinski definition) is 4. The number of nitrogens with zero attached hydrogens (tertiary/aromatic N) is 3. The first-order valence-corrected chi connectivity index (χ1v) is 7.04. The van der Waals surface area contributed by atoms with Crippen molar-refractivity contribution in [2.75, 3.05) is 0 Å². The monoisotopic (exact) mass is 373 g/mol. The molecule has 0 radical (unpaired) electrons. The largest absolute Gasteiger partial charge is 0.334 e. The van der Waals surface area contributed by atoms with Crippen molar-refractivity contribution < 1.29 is 0 Å². The number of hydrazine groups is 1. The average Bonchev–Trinajstić information content (AvgIpc) is 2.81. The molecule has 96 valence electrons. The van der Waals surface area contributed by atoms with Gasteiger partial charge >= 0.3 is 0 Å². The second-order valence-electron chi connectivity index (χ2n) is 3.69. The van der Waals surface area contributed by atoms with E-state index in [1.165, 1.54) is 0 Å². The maximum absolute atomic E-state index is 5.65. The Kier molecular flexibility index (Phi) is 4.50. The van der Waals surface area contributed by atoms with E-state index in [9.17, 15) is 0 Å². The highest BCUT2D eigenvalue weighted by Crippen LogP contribution is 2.27. The summed E-state index contributed by atoms with van der Waals surface area (Å²) in [5.74, 6) is 6.49. The Labute approximate surface area is 122 Å². The van der Waals surface area contributed by atoms with Crippen molar-refractivity contribution in [1.29, 1.82) is 0 Å². The van der Waals surface area contributed by atoms with Gasteiger partial charge in [0.15, 0.2) is 0 Å². The summed E-state index contributed by atoms with van der Waals surface area (Å²) in [5.41, 5.74) is 3.57. The number of aryl methyl sites for hydroxylation is 1. The summed E-state index contributed by atoms with van der Waals surface area (Å²) in [7, 11) is 0. The number of nitrogens with one attached hydrogen (secondary N) is 1. The van der Waals surface area contributed by atoms with E-state index < -0.39 is 0 Å². The zero-order valence-electron chi connectivity index (χ0n) is 9.77. The topological polar surface area (TPSA) is 68.8 Å². The van der Waals surface area contributed by atoms with Gasteiger partial charge in [0.05, 0.1) is 5.69 Å². The van der Waals surface area contributed by atoms with Crippen molar-refractivity contribution >= 4 is 31.9 Å². The summed E-state index contributed by atoms with van der Waals surface area (Å²) >= 11 is 6.87. The normalized spacial score (nSPS) is 12.7. The van der Waals surface area contributed by atoms with Crippen molar-refractivity contribution in [2.45, 2.75) is 19.5 Å². The second kappa shape index (κ2) is 5.92. The molecular formula is C11H13Br2N5. The lowest BCUT2D eigenvalue weighted by atomic mass is 10.2. The number of pyridine rings is 1. The third-order valence-corrected chi connectivity index (χ3v) is 3.69. The molecule has 0 saturated heterocycles. The molecule has 2 heterocycles. The van der Waals surface area contributed by atoms with Crippen LogP contribution in [-0.2, 0) is 6.54 Å². The molecule has 0 spiro atoms. The molecule has 1 unspecified atom stereocenters. The Hall–Kier alpha value is -0.760. The van der Waals surface area contributed by atoms with Gasteiger partial charge in [-0.25, -0.2) is 10.4 Å². The lowest BCUT2D eigenvalue weighted by Gasteiger charge is -2.17. The molecule has 2 aromatic rings. The van der Waals surface area contributed by atoms with Gasteiger partial charge in [-0.2, -0.15) is 0 Å². The average molecular weight is 375 g/mol. The first-order chi connectivity index (χ1) is 8.67. The van der Waals surface area contributed by atoms with Gasteiger partial charge < -0.3 is 4.57 Å². The molecule has 0 fully saturated rings. The zero-order chi connectivity index (χ0) is 13.1. The predicted octanol–water partition coefficient (Wildman–Crippen LogP) is 2.38. The molecule has 5 nitrogen and oxygen atoms in total.